The topological polar surface area (TPSA) is 63.8 Å². The molecule has 0 radical (unpaired) electrons. The molecule has 0 atom stereocenters. The fraction of sp³-hybridized carbons (Fsp3) is 0.167. The molecule has 1 heterocycles. The normalized spacial score (nSPS) is 10.6. The van der Waals surface area contributed by atoms with Gasteiger partial charge in [0.1, 0.15) is 17.5 Å². The minimum Gasteiger partial charge on any atom is -0.383 e. The summed E-state index contributed by atoms with van der Waals surface area (Å²) in [7, 11) is 0. The summed E-state index contributed by atoms with van der Waals surface area (Å²) in [6, 6.07) is 2.85. The summed E-state index contributed by atoms with van der Waals surface area (Å²) in [4.78, 5) is 8.27. The van der Waals surface area contributed by atoms with E-state index in [0.717, 1.165) is 0 Å². The van der Waals surface area contributed by atoms with E-state index in [-0.39, 0.29) is 10.0 Å². The maximum atomic E-state index is 13.3. The van der Waals surface area contributed by atoms with E-state index < -0.39 is 5.82 Å². The predicted molar refractivity (Wildman–Crippen MR) is 75.6 cm³/mol. The van der Waals surface area contributed by atoms with E-state index in [4.69, 9.17) is 28.9 Å². The number of hydrogen-bond donors (Lipinski definition) is 2. The molecule has 0 saturated heterocycles. The van der Waals surface area contributed by atoms with Gasteiger partial charge in [-0.3, -0.25) is 0 Å². The Labute approximate surface area is 119 Å². The third-order valence-electron chi connectivity index (χ3n) is 2.54. The van der Waals surface area contributed by atoms with Gasteiger partial charge in [-0.05, 0) is 26.0 Å². The standard InChI is InChI=1S/C12H11Cl2FN4/c1-5-11(16)17-6(2)18-12(5)19-7-3-8(13)10(15)9(14)4-7/h3-4H,1-2H3,(H3,16,17,18,19). The van der Waals surface area contributed by atoms with Gasteiger partial charge in [0.15, 0.2) is 5.82 Å². The van der Waals surface area contributed by atoms with Crippen molar-refractivity contribution in [2.75, 3.05) is 11.1 Å². The molecule has 3 N–H and O–H groups in total. The molecular formula is C12H11Cl2FN4. The van der Waals surface area contributed by atoms with Crippen LogP contribution < -0.4 is 11.1 Å². The summed E-state index contributed by atoms with van der Waals surface area (Å²) >= 11 is 11.5. The lowest BCUT2D eigenvalue weighted by molar-refractivity contribution is 0.629. The molecule has 1 aromatic heterocycles. The van der Waals surface area contributed by atoms with Gasteiger partial charge in [0, 0.05) is 11.3 Å². The monoisotopic (exact) mass is 300 g/mol. The van der Waals surface area contributed by atoms with Crippen molar-refractivity contribution in [2.45, 2.75) is 13.8 Å². The number of nitrogen functional groups attached to an aromatic ring is 1. The minimum atomic E-state index is -0.649. The molecule has 0 spiro atoms. The lowest BCUT2D eigenvalue weighted by atomic mass is 10.2. The van der Waals surface area contributed by atoms with Gasteiger partial charge in [-0.1, -0.05) is 23.2 Å². The van der Waals surface area contributed by atoms with Crippen LogP contribution in [0.25, 0.3) is 0 Å². The van der Waals surface area contributed by atoms with Gasteiger partial charge < -0.3 is 11.1 Å². The van der Waals surface area contributed by atoms with Crippen molar-refractivity contribution < 1.29 is 4.39 Å². The van der Waals surface area contributed by atoms with Crippen LogP contribution in [0.5, 0.6) is 0 Å². The molecule has 100 valence electrons. The Bertz CT molecular complexity index is 623. The van der Waals surface area contributed by atoms with Crippen LogP contribution in [0.2, 0.25) is 10.0 Å². The molecule has 0 aliphatic heterocycles. The van der Waals surface area contributed by atoms with Gasteiger partial charge in [-0.15, -0.1) is 0 Å². The van der Waals surface area contributed by atoms with E-state index in [1.165, 1.54) is 12.1 Å². The number of aryl methyl sites for hydroxylation is 1. The van der Waals surface area contributed by atoms with Crippen LogP contribution in [0.4, 0.5) is 21.7 Å². The van der Waals surface area contributed by atoms with Crippen molar-refractivity contribution in [3.05, 3.63) is 39.4 Å². The van der Waals surface area contributed by atoms with Crippen molar-refractivity contribution in [1.29, 1.82) is 0 Å². The molecule has 0 bridgehead atoms. The van der Waals surface area contributed by atoms with Crippen LogP contribution in [-0.2, 0) is 0 Å². The van der Waals surface area contributed by atoms with Crippen LogP contribution >= 0.6 is 23.2 Å². The van der Waals surface area contributed by atoms with E-state index in [2.05, 4.69) is 15.3 Å². The molecule has 4 nitrogen and oxygen atoms in total. The molecule has 7 heteroatoms. The maximum absolute atomic E-state index is 13.3. The van der Waals surface area contributed by atoms with Gasteiger partial charge in [0.05, 0.1) is 10.0 Å². The van der Waals surface area contributed by atoms with Gasteiger partial charge >= 0.3 is 0 Å². The SMILES string of the molecule is Cc1nc(N)c(C)c(Nc2cc(Cl)c(F)c(Cl)c2)n1. The van der Waals surface area contributed by atoms with E-state index >= 15 is 0 Å². The van der Waals surface area contributed by atoms with Crippen molar-refractivity contribution in [3.63, 3.8) is 0 Å². The highest BCUT2D eigenvalue weighted by Gasteiger charge is 2.11. The third-order valence-corrected chi connectivity index (χ3v) is 3.09. The van der Waals surface area contributed by atoms with Crippen molar-refractivity contribution in [3.8, 4) is 0 Å². The van der Waals surface area contributed by atoms with Crippen LogP contribution in [0.3, 0.4) is 0 Å². The molecule has 0 amide bonds. The van der Waals surface area contributed by atoms with Crippen molar-refractivity contribution in [2.24, 2.45) is 0 Å². The van der Waals surface area contributed by atoms with Crippen LogP contribution in [0.15, 0.2) is 12.1 Å². The summed E-state index contributed by atoms with van der Waals surface area (Å²) in [6.07, 6.45) is 0. The Hall–Kier alpha value is -1.59. The van der Waals surface area contributed by atoms with Gasteiger partial charge in [-0.25, -0.2) is 14.4 Å². The molecule has 2 aromatic rings. The molecule has 2 rings (SSSR count). The molecule has 0 fully saturated rings. The Morgan fingerprint density at radius 1 is 1.16 bits per heavy atom. The highest BCUT2D eigenvalue weighted by molar-refractivity contribution is 6.35. The molecule has 0 unspecified atom stereocenters. The van der Waals surface area contributed by atoms with Crippen molar-refractivity contribution >= 4 is 40.5 Å². The zero-order valence-electron chi connectivity index (χ0n) is 10.3. The third kappa shape index (κ3) is 2.88. The smallest absolute Gasteiger partial charge is 0.160 e. The molecule has 1 aromatic carbocycles. The lowest BCUT2D eigenvalue weighted by Crippen LogP contribution is -2.05. The highest BCUT2D eigenvalue weighted by atomic mass is 35.5. The first kappa shape index (κ1) is 13.8. The maximum Gasteiger partial charge on any atom is 0.160 e. The first-order chi connectivity index (χ1) is 8.88. The number of nitrogens with two attached hydrogens (primary N) is 1. The number of anilines is 3. The highest BCUT2D eigenvalue weighted by Crippen LogP contribution is 2.30. The summed E-state index contributed by atoms with van der Waals surface area (Å²) in [5.74, 6) is 0.798. The second-order valence-corrected chi connectivity index (χ2v) is 4.82. The summed E-state index contributed by atoms with van der Waals surface area (Å²) in [5.41, 5.74) is 6.98. The number of nitrogens with zero attached hydrogens (tertiary/aromatic N) is 2. The molecule has 0 aliphatic carbocycles. The van der Waals surface area contributed by atoms with Gasteiger partial charge in [0.2, 0.25) is 0 Å². The van der Waals surface area contributed by atoms with Crippen LogP contribution in [0.1, 0.15) is 11.4 Å². The van der Waals surface area contributed by atoms with Gasteiger partial charge in [-0.2, -0.15) is 0 Å². The van der Waals surface area contributed by atoms with E-state index in [1.807, 2.05) is 0 Å². The number of nitrogens with one attached hydrogen (secondary N) is 1. The van der Waals surface area contributed by atoms with Crippen LogP contribution in [-0.4, -0.2) is 9.97 Å². The molecular weight excluding hydrogens is 290 g/mol. The van der Waals surface area contributed by atoms with E-state index in [9.17, 15) is 4.39 Å². The molecule has 0 saturated carbocycles. The Morgan fingerprint density at radius 2 is 1.74 bits per heavy atom. The number of rotatable bonds is 2. The predicted octanol–water partition coefficient (Wildman–Crippen LogP) is 3.87. The first-order valence-corrected chi connectivity index (χ1v) is 6.16. The Morgan fingerprint density at radius 3 is 2.32 bits per heavy atom. The number of aromatic nitrogens is 2. The average Bonchev–Trinajstić information content (AvgIpc) is 2.32. The first-order valence-electron chi connectivity index (χ1n) is 5.40. The summed E-state index contributed by atoms with van der Waals surface area (Å²) < 4.78 is 13.3. The summed E-state index contributed by atoms with van der Waals surface area (Å²) in [5, 5.41) is 2.87. The number of benzene rings is 1. The van der Waals surface area contributed by atoms with Gasteiger partial charge in [0.25, 0.3) is 0 Å². The second kappa shape index (κ2) is 5.19. The van der Waals surface area contributed by atoms with E-state index in [1.54, 1.807) is 13.8 Å². The van der Waals surface area contributed by atoms with Crippen LogP contribution in [0, 0.1) is 19.7 Å². The Kier molecular flexibility index (Phi) is 3.78. The quantitative estimate of drug-likeness (QED) is 0.827. The number of halogens is 3. The average molecular weight is 301 g/mol. The second-order valence-electron chi connectivity index (χ2n) is 4.01. The fourth-order valence-electron chi connectivity index (χ4n) is 1.54. The zero-order valence-corrected chi connectivity index (χ0v) is 11.8. The fourth-order valence-corrected chi connectivity index (χ4v) is 2.02. The molecule has 0 aliphatic rings. The minimum absolute atomic E-state index is 0.0635. The molecule has 19 heavy (non-hydrogen) atoms. The van der Waals surface area contributed by atoms with E-state index in [0.29, 0.717) is 28.7 Å². The number of hydrogen-bond acceptors (Lipinski definition) is 4. The zero-order chi connectivity index (χ0) is 14.2. The Balaban J connectivity index is 2.42. The lowest BCUT2D eigenvalue weighted by Gasteiger charge is -2.11. The largest absolute Gasteiger partial charge is 0.383 e. The summed E-state index contributed by atoms with van der Waals surface area (Å²) in [6.45, 7) is 3.51. The van der Waals surface area contributed by atoms with Crippen molar-refractivity contribution in [1.82, 2.24) is 9.97 Å².